The van der Waals surface area contributed by atoms with Crippen molar-refractivity contribution in [2.75, 3.05) is 13.1 Å². The smallest absolute Gasteiger partial charge is 0.274 e. The molecule has 1 saturated heterocycles. The van der Waals surface area contributed by atoms with Crippen molar-refractivity contribution in [2.24, 2.45) is 5.92 Å². The third-order valence-corrected chi connectivity index (χ3v) is 4.05. The highest BCUT2D eigenvalue weighted by atomic mass is 35.5. The Kier molecular flexibility index (Phi) is 4.02. The molecular weight excluding hydrogens is 278 g/mol. The summed E-state index contributed by atoms with van der Waals surface area (Å²) in [6.07, 6.45) is 1.46. The molecule has 0 saturated carbocycles. The molecule has 1 aliphatic heterocycles. The zero-order chi connectivity index (χ0) is 15.1. The summed E-state index contributed by atoms with van der Waals surface area (Å²) >= 11 is 6.02. The molecule has 1 aromatic rings. The van der Waals surface area contributed by atoms with Crippen LogP contribution in [0.1, 0.15) is 49.9 Å². The summed E-state index contributed by atoms with van der Waals surface area (Å²) < 4.78 is 0. The van der Waals surface area contributed by atoms with Crippen LogP contribution in [0, 0.1) is 5.92 Å². The minimum Gasteiger partial charge on any atom is -0.386 e. The van der Waals surface area contributed by atoms with Crippen LogP contribution in [-0.2, 0) is 0 Å². The molecule has 2 heterocycles. The number of nitrogens with zero attached hydrogens (tertiary/aromatic N) is 3. The third kappa shape index (κ3) is 2.65. The van der Waals surface area contributed by atoms with Gasteiger partial charge < -0.3 is 10.0 Å². The molecule has 5 nitrogen and oxygen atoms in total. The molecule has 0 radical (unpaired) electrons. The largest absolute Gasteiger partial charge is 0.386 e. The van der Waals surface area contributed by atoms with E-state index in [-0.39, 0.29) is 28.5 Å². The van der Waals surface area contributed by atoms with Crippen LogP contribution in [0.4, 0.5) is 0 Å². The lowest BCUT2D eigenvalue weighted by molar-refractivity contribution is -0.111. The summed E-state index contributed by atoms with van der Waals surface area (Å²) in [7, 11) is 0. The van der Waals surface area contributed by atoms with E-state index >= 15 is 0 Å². The van der Waals surface area contributed by atoms with Crippen LogP contribution in [0.5, 0.6) is 0 Å². The third-order valence-electron chi connectivity index (χ3n) is 3.77. The molecule has 0 spiro atoms. The lowest BCUT2D eigenvalue weighted by Gasteiger charge is -2.48. The van der Waals surface area contributed by atoms with Gasteiger partial charge in [-0.2, -0.15) is 0 Å². The second kappa shape index (κ2) is 5.30. The average Bonchev–Trinajstić information content (AvgIpc) is 2.34. The second-order valence-electron chi connectivity index (χ2n) is 6.00. The Morgan fingerprint density at radius 1 is 1.40 bits per heavy atom. The number of carbonyl (C=O) groups is 1. The number of β-amino-alcohol motifs (C(OH)–C–C–N with tert-alkyl or cyclic N) is 1. The summed E-state index contributed by atoms with van der Waals surface area (Å²) in [6, 6.07) is 0. The van der Waals surface area contributed by atoms with Crippen LogP contribution in [0.15, 0.2) is 6.20 Å². The molecule has 0 aliphatic carbocycles. The molecule has 1 amide bonds. The number of halogens is 1. The molecule has 1 aromatic heterocycles. The van der Waals surface area contributed by atoms with E-state index in [0.717, 1.165) is 0 Å². The Hall–Kier alpha value is -1.20. The molecule has 0 bridgehead atoms. The fraction of sp³-hybridized carbons (Fsp3) is 0.643. The average molecular weight is 298 g/mol. The van der Waals surface area contributed by atoms with Gasteiger partial charge in [-0.15, -0.1) is 0 Å². The van der Waals surface area contributed by atoms with Crippen molar-refractivity contribution in [1.29, 1.82) is 0 Å². The van der Waals surface area contributed by atoms with Crippen LogP contribution in [0.25, 0.3) is 0 Å². The first kappa shape index (κ1) is 15.2. The zero-order valence-corrected chi connectivity index (χ0v) is 13.0. The van der Waals surface area contributed by atoms with Crippen molar-refractivity contribution in [1.82, 2.24) is 14.9 Å². The lowest BCUT2D eigenvalue weighted by Crippen LogP contribution is -2.66. The van der Waals surface area contributed by atoms with Crippen molar-refractivity contribution >= 4 is 17.5 Å². The van der Waals surface area contributed by atoms with Crippen LogP contribution >= 0.6 is 11.6 Å². The SMILES string of the molecule is CC(C)c1ncc(Cl)c(C(=O)N2CC(O)(C(C)C)C2)n1. The normalized spacial score (nSPS) is 17.5. The van der Waals surface area contributed by atoms with Gasteiger partial charge in [0.25, 0.3) is 5.91 Å². The minimum absolute atomic E-state index is 0.110. The number of aliphatic hydroxyl groups is 1. The van der Waals surface area contributed by atoms with Gasteiger partial charge in [-0.05, 0) is 5.92 Å². The number of rotatable bonds is 3. The van der Waals surface area contributed by atoms with Gasteiger partial charge in [0.05, 0.1) is 24.3 Å². The monoisotopic (exact) mass is 297 g/mol. The maximum atomic E-state index is 12.4. The number of hydrogen-bond donors (Lipinski definition) is 1. The van der Waals surface area contributed by atoms with E-state index in [0.29, 0.717) is 18.9 Å². The van der Waals surface area contributed by atoms with Crippen molar-refractivity contribution in [3.8, 4) is 0 Å². The molecule has 6 heteroatoms. The van der Waals surface area contributed by atoms with Crippen LogP contribution in [0.3, 0.4) is 0 Å². The first-order valence-electron chi connectivity index (χ1n) is 6.78. The fourth-order valence-electron chi connectivity index (χ4n) is 2.08. The number of aromatic nitrogens is 2. The first-order valence-corrected chi connectivity index (χ1v) is 7.16. The van der Waals surface area contributed by atoms with Gasteiger partial charge in [0.1, 0.15) is 11.4 Å². The summed E-state index contributed by atoms with van der Waals surface area (Å²) in [4.78, 5) is 22.3. The fourth-order valence-corrected chi connectivity index (χ4v) is 2.25. The topological polar surface area (TPSA) is 66.3 Å². The molecule has 1 aliphatic rings. The van der Waals surface area contributed by atoms with E-state index < -0.39 is 5.60 Å². The van der Waals surface area contributed by atoms with E-state index in [1.807, 2.05) is 27.7 Å². The van der Waals surface area contributed by atoms with E-state index in [1.54, 1.807) is 4.90 Å². The van der Waals surface area contributed by atoms with E-state index in [4.69, 9.17) is 11.6 Å². The van der Waals surface area contributed by atoms with Gasteiger partial charge in [0, 0.05) is 5.92 Å². The second-order valence-corrected chi connectivity index (χ2v) is 6.41. The van der Waals surface area contributed by atoms with E-state index in [9.17, 15) is 9.90 Å². The van der Waals surface area contributed by atoms with Crippen LogP contribution in [0.2, 0.25) is 5.02 Å². The minimum atomic E-state index is -0.796. The molecule has 0 aromatic carbocycles. The molecule has 0 unspecified atom stereocenters. The van der Waals surface area contributed by atoms with Crippen molar-refractivity contribution in [3.63, 3.8) is 0 Å². The van der Waals surface area contributed by atoms with Gasteiger partial charge in [-0.25, -0.2) is 9.97 Å². The molecular formula is C14H20ClN3O2. The van der Waals surface area contributed by atoms with Crippen molar-refractivity contribution < 1.29 is 9.90 Å². The highest BCUT2D eigenvalue weighted by Crippen LogP contribution is 2.30. The highest BCUT2D eigenvalue weighted by molar-refractivity contribution is 6.33. The van der Waals surface area contributed by atoms with Gasteiger partial charge in [0.15, 0.2) is 5.69 Å². The van der Waals surface area contributed by atoms with Crippen LogP contribution in [-0.4, -0.2) is 44.6 Å². The van der Waals surface area contributed by atoms with Gasteiger partial charge >= 0.3 is 0 Å². The van der Waals surface area contributed by atoms with E-state index in [1.165, 1.54) is 6.20 Å². The molecule has 1 N–H and O–H groups in total. The van der Waals surface area contributed by atoms with Gasteiger partial charge in [0.2, 0.25) is 0 Å². The molecule has 20 heavy (non-hydrogen) atoms. The predicted molar refractivity (Wildman–Crippen MR) is 76.8 cm³/mol. The Morgan fingerprint density at radius 3 is 2.50 bits per heavy atom. The van der Waals surface area contributed by atoms with Crippen LogP contribution < -0.4 is 0 Å². The summed E-state index contributed by atoms with van der Waals surface area (Å²) in [5.41, 5.74) is -0.577. The van der Waals surface area contributed by atoms with Gasteiger partial charge in [-0.1, -0.05) is 39.3 Å². The van der Waals surface area contributed by atoms with Crippen molar-refractivity contribution in [2.45, 2.75) is 39.2 Å². The lowest BCUT2D eigenvalue weighted by atomic mass is 9.83. The number of carbonyl (C=O) groups excluding carboxylic acids is 1. The summed E-state index contributed by atoms with van der Waals surface area (Å²) in [5, 5.41) is 10.5. The molecule has 110 valence electrons. The Morgan fingerprint density at radius 2 is 2.00 bits per heavy atom. The van der Waals surface area contributed by atoms with Gasteiger partial charge in [-0.3, -0.25) is 4.79 Å². The molecule has 1 fully saturated rings. The Labute approximate surface area is 124 Å². The summed E-state index contributed by atoms with van der Waals surface area (Å²) in [6.45, 7) is 8.44. The maximum absolute atomic E-state index is 12.4. The first-order chi connectivity index (χ1) is 9.24. The Balaban J connectivity index is 2.17. The Bertz CT molecular complexity index is 525. The zero-order valence-electron chi connectivity index (χ0n) is 12.2. The number of likely N-dealkylation sites (tertiary alicyclic amines) is 1. The molecule has 2 rings (SSSR count). The van der Waals surface area contributed by atoms with Crippen molar-refractivity contribution in [3.05, 3.63) is 22.7 Å². The highest BCUT2D eigenvalue weighted by Gasteiger charge is 2.46. The predicted octanol–water partition coefficient (Wildman–Crippen LogP) is 2.10. The standard InChI is InChI=1S/C14H20ClN3O2/c1-8(2)12-16-5-10(15)11(17-12)13(19)18-6-14(20,7-18)9(3)4/h5,8-9,20H,6-7H2,1-4H3. The molecule has 0 atom stereocenters. The summed E-state index contributed by atoms with van der Waals surface area (Å²) in [5.74, 6) is 0.587. The number of hydrogen-bond acceptors (Lipinski definition) is 4. The van der Waals surface area contributed by atoms with E-state index in [2.05, 4.69) is 9.97 Å². The maximum Gasteiger partial charge on any atom is 0.274 e. The quantitative estimate of drug-likeness (QED) is 0.928. The number of amides is 1.